The fraction of sp³-hybridized carbons (Fsp3) is 0.667. The molecule has 0 unspecified atom stereocenters. The van der Waals surface area contributed by atoms with Gasteiger partial charge in [-0.3, -0.25) is 0 Å². The molecule has 0 aromatic carbocycles. The lowest BCUT2D eigenvalue weighted by molar-refractivity contribution is -0.0847. The van der Waals surface area contributed by atoms with Crippen LogP contribution in [0, 0.1) is 0 Å². The van der Waals surface area contributed by atoms with Gasteiger partial charge in [0.05, 0.1) is 0 Å². The van der Waals surface area contributed by atoms with E-state index in [1.54, 1.807) is 7.11 Å². The molecule has 0 amide bonds. The number of methoxy groups -OCH3 is 1. The first-order valence-electron chi connectivity index (χ1n) is 5.77. The molecular formula is C12H19N3O. The summed E-state index contributed by atoms with van der Waals surface area (Å²) in [6, 6.07) is 1.84. The van der Waals surface area contributed by atoms with Crippen LogP contribution in [0.4, 0.5) is 5.82 Å². The van der Waals surface area contributed by atoms with Gasteiger partial charge in [0.1, 0.15) is 11.4 Å². The van der Waals surface area contributed by atoms with Crippen LogP contribution < -0.4 is 5.73 Å². The molecule has 0 radical (unpaired) electrons. The Kier molecular flexibility index (Phi) is 2.84. The Morgan fingerprint density at radius 1 is 1.38 bits per heavy atom. The third kappa shape index (κ3) is 1.78. The lowest BCUT2D eigenvalue weighted by atomic mass is 9.79. The molecule has 2 rings (SSSR count). The van der Waals surface area contributed by atoms with Crippen molar-refractivity contribution in [3.63, 3.8) is 0 Å². The van der Waals surface area contributed by atoms with Gasteiger partial charge in [-0.15, -0.1) is 0 Å². The first-order chi connectivity index (χ1) is 7.57. The Hall–Kier alpha value is -1.16. The second-order valence-corrected chi connectivity index (χ2v) is 4.75. The van der Waals surface area contributed by atoms with Crippen molar-refractivity contribution in [3.8, 4) is 0 Å². The molecule has 1 aliphatic carbocycles. The normalized spacial score (nSPS) is 18.5. The van der Waals surface area contributed by atoms with E-state index >= 15 is 0 Å². The first-order valence-corrected chi connectivity index (χ1v) is 5.77. The molecule has 1 fully saturated rings. The van der Waals surface area contributed by atoms with Crippen molar-refractivity contribution >= 4 is 5.82 Å². The molecule has 0 atom stereocenters. The van der Waals surface area contributed by atoms with Gasteiger partial charge in [0, 0.05) is 18.9 Å². The largest absolute Gasteiger partial charge is 0.384 e. The Labute approximate surface area is 96.2 Å². The maximum absolute atomic E-state index is 5.82. The second kappa shape index (κ2) is 4.01. The van der Waals surface area contributed by atoms with Gasteiger partial charge in [-0.1, -0.05) is 13.8 Å². The molecule has 2 N–H and O–H groups in total. The standard InChI is InChI=1S/C12H19N3O/c1-8(2)9-7-10(13)15-11(14-9)12(16-3)5-4-6-12/h7-8H,4-6H2,1-3H3,(H2,13,14,15). The highest BCUT2D eigenvalue weighted by atomic mass is 16.5. The van der Waals surface area contributed by atoms with Gasteiger partial charge in [0.2, 0.25) is 0 Å². The molecule has 1 heterocycles. The van der Waals surface area contributed by atoms with Crippen LogP contribution in [-0.2, 0) is 10.3 Å². The number of nitrogens with zero attached hydrogens (tertiary/aromatic N) is 2. The minimum Gasteiger partial charge on any atom is -0.384 e. The molecule has 0 saturated heterocycles. The van der Waals surface area contributed by atoms with Crippen LogP contribution in [0.2, 0.25) is 0 Å². The summed E-state index contributed by atoms with van der Waals surface area (Å²) in [5.41, 5.74) is 6.53. The molecule has 16 heavy (non-hydrogen) atoms. The topological polar surface area (TPSA) is 61.0 Å². The van der Waals surface area contributed by atoms with E-state index < -0.39 is 0 Å². The highest BCUT2D eigenvalue weighted by Crippen LogP contribution is 2.43. The van der Waals surface area contributed by atoms with Crippen molar-refractivity contribution in [3.05, 3.63) is 17.6 Å². The van der Waals surface area contributed by atoms with Crippen LogP contribution in [0.25, 0.3) is 0 Å². The third-order valence-corrected chi connectivity index (χ3v) is 3.32. The minimum atomic E-state index is -0.279. The van der Waals surface area contributed by atoms with E-state index in [1.165, 1.54) is 6.42 Å². The average molecular weight is 221 g/mol. The zero-order chi connectivity index (χ0) is 11.8. The maximum atomic E-state index is 5.82. The minimum absolute atomic E-state index is 0.279. The van der Waals surface area contributed by atoms with E-state index in [0.29, 0.717) is 11.7 Å². The molecule has 1 aromatic rings. The van der Waals surface area contributed by atoms with Crippen LogP contribution in [0.1, 0.15) is 50.5 Å². The molecule has 1 aromatic heterocycles. The van der Waals surface area contributed by atoms with E-state index in [0.717, 1.165) is 24.4 Å². The lowest BCUT2D eigenvalue weighted by Gasteiger charge is -2.39. The molecule has 1 aliphatic rings. The monoisotopic (exact) mass is 221 g/mol. The number of nitrogen functional groups attached to an aromatic ring is 1. The SMILES string of the molecule is COC1(c2nc(N)cc(C(C)C)n2)CCC1. The Bertz CT molecular complexity index is 380. The summed E-state index contributed by atoms with van der Waals surface area (Å²) in [4.78, 5) is 8.90. The number of ether oxygens (including phenoxy) is 1. The highest BCUT2D eigenvalue weighted by Gasteiger charge is 2.42. The number of nitrogens with two attached hydrogens (primary N) is 1. The Morgan fingerprint density at radius 3 is 2.50 bits per heavy atom. The lowest BCUT2D eigenvalue weighted by Crippen LogP contribution is -2.38. The Morgan fingerprint density at radius 2 is 2.06 bits per heavy atom. The molecule has 0 bridgehead atoms. The van der Waals surface area contributed by atoms with E-state index in [-0.39, 0.29) is 5.60 Å². The van der Waals surface area contributed by atoms with Gasteiger partial charge < -0.3 is 10.5 Å². The molecule has 4 nitrogen and oxygen atoms in total. The molecular weight excluding hydrogens is 202 g/mol. The summed E-state index contributed by atoms with van der Waals surface area (Å²) in [6.07, 6.45) is 3.15. The zero-order valence-electron chi connectivity index (χ0n) is 10.2. The summed E-state index contributed by atoms with van der Waals surface area (Å²) < 4.78 is 5.57. The van der Waals surface area contributed by atoms with Crippen LogP contribution in [0.15, 0.2) is 6.07 Å². The molecule has 4 heteroatoms. The van der Waals surface area contributed by atoms with Gasteiger partial charge in [0.15, 0.2) is 5.82 Å². The van der Waals surface area contributed by atoms with Gasteiger partial charge in [0.25, 0.3) is 0 Å². The summed E-state index contributed by atoms with van der Waals surface area (Å²) in [6.45, 7) is 4.21. The van der Waals surface area contributed by atoms with Crippen molar-refractivity contribution in [2.75, 3.05) is 12.8 Å². The van der Waals surface area contributed by atoms with Crippen LogP contribution in [0.3, 0.4) is 0 Å². The number of hydrogen-bond donors (Lipinski definition) is 1. The van der Waals surface area contributed by atoms with Gasteiger partial charge in [-0.05, 0) is 25.2 Å². The quantitative estimate of drug-likeness (QED) is 0.850. The van der Waals surface area contributed by atoms with Crippen molar-refractivity contribution in [2.45, 2.75) is 44.6 Å². The van der Waals surface area contributed by atoms with E-state index in [4.69, 9.17) is 10.5 Å². The Balaban J connectivity index is 2.40. The van der Waals surface area contributed by atoms with E-state index in [2.05, 4.69) is 23.8 Å². The first kappa shape index (κ1) is 11.3. The number of aromatic nitrogens is 2. The van der Waals surface area contributed by atoms with Crippen LogP contribution >= 0.6 is 0 Å². The predicted molar refractivity (Wildman–Crippen MR) is 63.1 cm³/mol. The fourth-order valence-corrected chi connectivity index (χ4v) is 2.00. The third-order valence-electron chi connectivity index (χ3n) is 3.32. The average Bonchev–Trinajstić information content (AvgIpc) is 2.16. The highest BCUT2D eigenvalue weighted by molar-refractivity contribution is 5.32. The summed E-state index contributed by atoms with van der Waals surface area (Å²) in [5.74, 6) is 1.65. The number of anilines is 1. The number of rotatable bonds is 3. The van der Waals surface area contributed by atoms with Crippen LogP contribution in [-0.4, -0.2) is 17.1 Å². The van der Waals surface area contributed by atoms with Crippen molar-refractivity contribution < 1.29 is 4.74 Å². The molecule has 0 aliphatic heterocycles. The van der Waals surface area contributed by atoms with Crippen LogP contribution in [0.5, 0.6) is 0 Å². The van der Waals surface area contributed by atoms with Gasteiger partial charge >= 0.3 is 0 Å². The molecule has 88 valence electrons. The van der Waals surface area contributed by atoms with Gasteiger partial charge in [-0.2, -0.15) is 0 Å². The zero-order valence-corrected chi connectivity index (χ0v) is 10.2. The predicted octanol–water partition coefficient (Wildman–Crippen LogP) is 2.21. The van der Waals surface area contributed by atoms with Crippen molar-refractivity contribution in [1.29, 1.82) is 0 Å². The second-order valence-electron chi connectivity index (χ2n) is 4.75. The maximum Gasteiger partial charge on any atom is 0.162 e. The molecule has 1 saturated carbocycles. The smallest absolute Gasteiger partial charge is 0.162 e. The summed E-state index contributed by atoms with van der Waals surface area (Å²) in [5, 5.41) is 0. The summed E-state index contributed by atoms with van der Waals surface area (Å²) in [7, 11) is 1.72. The summed E-state index contributed by atoms with van der Waals surface area (Å²) >= 11 is 0. The molecule has 0 spiro atoms. The fourth-order valence-electron chi connectivity index (χ4n) is 2.00. The van der Waals surface area contributed by atoms with E-state index in [9.17, 15) is 0 Å². The van der Waals surface area contributed by atoms with Gasteiger partial charge in [-0.25, -0.2) is 9.97 Å². The number of hydrogen-bond acceptors (Lipinski definition) is 4. The van der Waals surface area contributed by atoms with Crippen molar-refractivity contribution in [1.82, 2.24) is 9.97 Å². The van der Waals surface area contributed by atoms with Crippen molar-refractivity contribution in [2.24, 2.45) is 0 Å². The van der Waals surface area contributed by atoms with E-state index in [1.807, 2.05) is 6.07 Å².